The molecule has 0 aliphatic carbocycles. The third-order valence-corrected chi connectivity index (χ3v) is 3.61. The van der Waals surface area contributed by atoms with E-state index in [1.165, 1.54) is 30.5 Å². The summed E-state index contributed by atoms with van der Waals surface area (Å²) in [6.45, 7) is 2.69. The van der Waals surface area contributed by atoms with Crippen LogP contribution < -0.4 is 10.1 Å². The molecule has 2 rings (SSSR count). The molecule has 0 saturated heterocycles. The van der Waals surface area contributed by atoms with E-state index in [1.54, 1.807) is 24.3 Å². The van der Waals surface area contributed by atoms with Crippen LogP contribution in [0.25, 0.3) is 0 Å². The summed E-state index contributed by atoms with van der Waals surface area (Å²) in [6, 6.07) is 11.7. The van der Waals surface area contributed by atoms with Crippen molar-refractivity contribution in [2.45, 2.75) is 25.9 Å². The summed E-state index contributed by atoms with van der Waals surface area (Å²) in [7, 11) is 0. The van der Waals surface area contributed by atoms with Gasteiger partial charge in [-0.25, -0.2) is 0 Å². The van der Waals surface area contributed by atoms with Crippen LogP contribution in [0.3, 0.4) is 0 Å². The maximum Gasteiger partial charge on any atom is 0.418 e. The molecule has 0 spiro atoms. The average molecular weight is 363 g/mol. The quantitative estimate of drug-likeness (QED) is 0.372. The number of hydrogen-bond acceptors (Lipinski definition) is 3. The lowest BCUT2D eigenvalue weighted by Gasteiger charge is -2.11. The minimum absolute atomic E-state index is 0.108. The Morgan fingerprint density at radius 1 is 1.12 bits per heavy atom. The van der Waals surface area contributed by atoms with E-state index in [9.17, 15) is 18.0 Å². The number of nitrogens with one attached hydrogen (secondary N) is 1. The number of carbonyl (C=O) groups is 1. The molecular weight excluding hydrogens is 343 g/mol. The topological polar surface area (TPSA) is 38.3 Å². The fourth-order valence-corrected chi connectivity index (χ4v) is 2.21. The molecule has 0 heterocycles. The van der Waals surface area contributed by atoms with Gasteiger partial charge >= 0.3 is 6.18 Å². The maximum atomic E-state index is 12.9. The highest BCUT2D eigenvalue weighted by Crippen LogP contribution is 2.34. The molecule has 0 amide bonds. The van der Waals surface area contributed by atoms with Gasteiger partial charge in [-0.3, -0.25) is 4.79 Å². The van der Waals surface area contributed by atoms with Gasteiger partial charge in [0.05, 0.1) is 17.9 Å². The largest absolute Gasteiger partial charge is 0.494 e. The van der Waals surface area contributed by atoms with Crippen molar-refractivity contribution in [2.75, 3.05) is 11.9 Å². The van der Waals surface area contributed by atoms with Crippen molar-refractivity contribution in [3.05, 3.63) is 71.9 Å². The molecule has 6 heteroatoms. The molecule has 138 valence electrons. The minimum Gasteiger partial charge on any atom is -0.494 e. The number of rotatable bonds is 8. The standard InChI is InChI=1S/C20H20F3NO2/c1-2-3-14-26-16-10-8-15(9-11-16)19(25)12-13-24-18-7-5-4-6-17(18)20(21,22)23/h4-13,24H,2-3,14H2,1H3. The predicted octanol–water partition coefficient (Wildman–Crippen LogP) is 5.69. The van der Waals surface area contributed by atoms with Gasteiger partial charge in [0.25, 0.3) is 0 Å². The Bertz CT molecular complexity index is 752. The fraction of sp³-hybridized carbons (Fsp3) is 0.250. The van der Waals surface area contributed by atoms with E-state index in [0.29, 0.717) is 17.9 Å². The minimum atomic E-state index is -4.46. The molecule has 0 aliphatic heterocycles. The average Bonchev–Trinajstić information content (AvgIpc) is 2.62. The van der Waals surface area contributed by atoms with E-state index in [0.717, 1.165) is 18.9 Å². The summed E-state index contributed by atoms with van der Waals surface area (Å²) < 4.78 is 44.2. The molecular formula is C20H20F3NO2. The monoisotopic (exact) mass is 363 g/mol. The van der Waals surface area contributed by atoms with Gasteiger partial charge in [-0.2, -0.15) is 13.2 Å². The van der Waals surface area contributed by atoms with Crippen LogP contribution in [0.2, 0.25) is 0 Å². The van der Waals surface area contributed by atoms with E-state index in [4.69, 9.17) is 4.74 Å². The van der Waals surface area contributed by atoms with Crippen LogP contribution in [0.5, 0.6) is 5.75 Å². The van der Waals surface area contributed by atoms with Crippen LogP contribution in [-0.4, -0.2) is 12.4 Å². The van der Waals surface area contributed by atoms with Crippen molar-refractivity contribution in [1.29, 1.82) is 0 Å². The normalized spacial score (nSPS) is 11.5. The summed E-state index contributed by atoms with van der Waals surface area (Å²) in [6.07, 6.45) is -0.0754. The van der Waals surface area contributed by atoms with E-state index in [1.807, 2.05) is 0 Å². The van der Waals surface area contributed by atoms with Crippen molar-refractivity contribution < 1.29 is 22.7 Å². The van der Waals surface area contributed by atoms with Crippen LogP contribution >= 0.6 is 0 Å². The van der Waals surface area contributed by atoms with E-state index in [2.05, 4.69) is 12.2 Å². The first-order chi connectivity index (χ1) is 12.4. The molecule has 0 bridgehead atoms. The number of hydrogen-bond donors (Lipinski definition) is 1. The number of halogens is 3. The number of benzene rings is 2. The first-order valence-corrected chi connectivity index (χ1v) is 8.28. The van der Waals surface area contributed by atoms with E-state index >= 15 is 0 Å². The first kappa shape index (κ1) is 19.6. The van der Waals surface area contributed by atoms with Crippen LogP contribution in [0.15, 0.2) is 60.8 Å². The maximum absolute atomic E-state index is 12.9. The molecule has 2 aromatic carbocycles. The van der Waals surface area contributed by atoms with Crippen molar-refractivity contribution in [2.24, 2.45) is 0 Å². The third kappa shape index (κ3) is 5.65. The summed E-state index contributed by atoms with van der Waals surface area (Å²) >= 11 is 0. The van der Waals surface area contributed by atoms with Crippen molar-refractivity contribution in [3.8, 4) is 5.75 Å². The summed E-state index contributed by atoms with van der Waals surface area (Å²) in [5, 5.41) is 2.52. The first-order valence-electron chi connectivity index (χ1n) is 8.28. The molecule has 0 saturated carbocycles. The van der Waals surface area contributed by atoms with Gasteiger partial charge in [-0.05, 0) is 42.8 Å². The zero-order valence-corrected chi connectivity index (χ0v) is 14.3. The van der Waals surface area contributed by atoms with Gasteiger partial charge in [-0.1, -0.05) is 25.5 Å². The molecule has 0 radical (unpaired) electrons. The second kappa shape index (κ2) is 9.08. The summed E-state index contributed by atoms with van der Waals surface area (Å²) in [5.41, 5.74) is -0.468. The molecule has 3 nitrogen and oxygen atoms in total. The highest BCUT2D eigenvalue weighted by atomic mass is 19.4. The van der Waals surface area contributed by atoms with E-state index < -0.39 is 11.7 Å². The second-order valence-corrected chi connectivity index (χ2v) is 5.61. The lowest BCUT2D eigenvalue weighted by Crippen LogP contribution is -2.08. The Morgan fingerprint density at radius 2 is 1.81 bits per heavy atom. The molecule has 0 aliphatic rings. The number of allylic oxidation sites excluding steroid dienone is 1. The number of anilines is 1. The van der Waals surface area contributed by atoms with Gasteiger partial charge in [-0.15, -0.1) is 0 Å². The molecule has 1 N–H and O–H groups in total. The predicted molar refractivity (Wildman–Crippen MR) is 95.4 cm³/mol. The number of ether oxygens (including phenoxy) is 1. The lowest BCUT2D eigenvalue weighted by atomic mass is 10.1. The Kier molecular flexibility index (Phi) is 6.83. The van der Waals surface area contributed by atoms with E-state index in [-0.39, 0.29) is 11.5 Å². The molecule has 26 heavy (non-hydrogen) atoms. The van der Waals surface area contributed by atoms with Crippen LogP contribution in [0, 0.1) is 0 Å². The Hall–Kier alpha value is -2.76. The van der Waals surface area contributed by atoms with Gasteiger partial charge < -0.3 is 10.1 Å². The number of carbonyl (C=O) groups excluding carboxylic acids is 1. The third-order valence-electron chi connectivity index (χ3n) is 3.61. The molecule has 0 aromatic heterocycles. The van der Waals surface area contributed by atoms with Crippen LogP contribution in [0.1, 0.15) is 35.7 Å². The zero-order valence-electron chi connectivity index (χ0n) is 14.3. The van der Waals surface area contributed by atoms with Crippen molar-refractivity contribution >= 4 is 11.5 Å². The Morgan fingerprint density at radius 3 is 2.46 bits per heavy atom. The fourth-order valence-electron chi connectivity index (χ4n) is 2.21. The van der Waals surface area contributed by atoms with Gasteiger partial charge in [0.15, 0.2) is 5.78 Å². The Balaban J connectivity index is 1.98. The Labute approximate surface area is 150 Å². The van der Waals surface area contributed by atoms with Gasteiger partial charge in [0.2, 0.25) is 0 Å². The highest BCUT2D eigenvalue weighted by Gasteiger charge is 2.32. The molecule has 2 aromatic rings. The van der Waals surface area contributed by atoms with Gasteiger partial charge in [0, 0.05) is 17.8 Å². The number of ketones is 1. The van der Waals surface area contributed by atoms with Crippen molar-refractivity contribution in [3.63, 3.8) is 0 Å². The van der Waals surface area contributed by atoms with Crippen LogP contribution in [-0.2, 0) is 6.18 Å². The number of para-hydroxylation sites is 1. The van der Waals surface area contributed by atoms with Crippen LogP contribution in [0.4, 0.5) is 18.9 Å². The summed E-state index contributed by atoms with van der Waals surface area (Å²) in [5.74, 6) is 0.360. The smallest absolute Gasteiger partial charge is 0.418 e. The number of unbranched alkanes of at least 4 members (excludes halogenated alkanes) is 1. The molecule has 0 fully saturated rings. The second-order valence-electron chi connectivity index (χ2n) is 5.61. The lowest BCUT2D eigenvalue weighted by molar-refractivity contribution is -0.136. The highest BCUT2D eigenvalue weighted by molar-refractivity contribution is 6.04. The van der Waals surface area contributed by atoms with Gasteiger partial charge in [0.1, 0.15) is 5.75 Å². The zero-order chi connectivity index (χ0) is 19.0. The number of alkyl halides is 3. The van der Waals surface area contributed by atoms with Crippen molar-refractivity contribution in [1.82, 2.24) is 0 Å². The molecule has 0 atom stereocenters. The SMILES string of the molecule is CCCCOc1ccc(C(=O)C=CNc2ccccc2C(F)(F)F)cc1. The summed E-state index contributed by atoms with van der Waals surface area (Å²) in [4.78, 5) is 12.1. The molecule has 0 unspecified atom stereocenters.